The van der Waals surface area contributed by atoms with Crippen molar-refractivity contribution in [1.82, 2.24) is 9.55 Å². The molecule has 1 aromatic heterocycles. The van der Waals surface area contributed by atoms with Crippen molar-refractivity contribution >= 4 is 11.8 Å². The van der Waals surface area contributed by atoms with Crippen molar-refractivity contribution in [1.29, 1.82) is 0 Å². The number of rotatable bonds is 3. The van der Waals surface area contributed by atoms with Crippen molar-refractivity contribution in [2.24, 2.45) is 7.05 Å². The highest BCUT2D eigenvalue weighted by Crippen LogP contribution is 2.20. The Labute approximate surface area is 92.1 Å². The number of hydrogen-bond acceptors (Lipinski definition) is 2. The molecule has 0 atom stereocenters. The Morgan fingerprint density at radius 3 is 3.00 bits per heavy atom. The van der Waals surface area contributed by atoms with Gasteiger partial charge in [-0.1, -0.05) is 23.9 Å². The van der Waals surface area contributed by atoms with Crippen LogP contribution in [0.2, 0.25) is 0 Å². The van der Waals surface area contributed by atoms with E-state index in [2.05, 4.69) is 4.98 Å². The van der Waals surface area contributed by atoms with Crippen LogP contribution in [0.25, 0.3) is 0 Å². The molecule has 0 aliphatic rings. The molecule has 0 aliphatic heterocycles. The lowest BCUT2D eigenvalue weighted by atomic mass is 10.2. The normalized spacial score (nSPS) is 10.5. The second kappa shape index (κ2) is 4.49. The van der Waals surface area contributed by atoms with E-state index in [0.717, 1.165) is 16.5 Å². The number of imidazole rings is 1. The van der Waals surface area contributed by atoms with Gasteiger partial charge in [0.1, 0.15) is 5.82 Å². The van der Waals surface area contributed by atoms with Crippen LogP contribution in [0.1, 0.15) is 5.56 Å². The molecule has 2 aromatic rings. The van der Waals surface area contributed by atoms with Crippen LogP contribution in [0.15, 0.2) is 41.8 Å². The summed E-state index contributed by atoms with van der Waals surface area (Å²) < 4.78 is 14.8. The molecule has 0 saturated heterocycles. The molecule has 1 heterocycles. The van der Waals surface area contributed by atoms with E-state index >= 15 is 0 Å². The van der Waals surface area contributed by atoms with Crippen molar-refractivity contribution in [3.8, 4) is 0 Å². The minimum absolute atomic E-state index is 0.187. The van der Waals surface area contributed by atoms with Crippen molar-refractivity contribution in [3.63, 3.8) is 0 Å². The highest BCUT2D eigenvalue weighted by atomic mass is 32.2. The number of nitrogens with zero attached hydrogens (tertiary/aromatic N) is 2. The quantitative estimate of drug-likeness (QED) is 0.743. The van der Waals surface area contributed by atoms with E-state index in [-0.39, 0.29) is 5.82 Å². The van der Waals surface area contributed by atoms with Crippen LogP contribution in [0.4, 0.5) is 4.39 Å². The van der Waals surface area contributed by atoms with Gasteiger partial charge in [-0.2, -0.15) is 0 Å². The van der Waals surface area contributed by atoms with Crippen LogP contribution in [-0.4, -0.2) is 9.55 Å². The average molecular weight is 222 g/mol. The fourth-order valence-electron chi connectivity index (χ4n) is 1.27. The summed E-state index contributed by atoms with van der Waals surface area (Å²) in [5.41, 5.74) is 0.975. The van der Waals surface area contributed by atoms with Gasteiger partial charge >= 0.3 is 0 Å². The number of benzene rings is 1. The number of aromatic nitrogens is 2. The summed E-state index contributed by atoms with van der Waals surface area (Å²) in [4.78, 5) is 4.19. The summed E-state index contributed by atoms with van der Waals surface area (Å²) >= 11 is 1.60. The van der Waals surface area contributed by atoms with Gasteiger partial charge in [-0.3, -0.25) is 0 Å². The Bertz CT molecular complexity index is 453. The smallest absolute Gasteiger partial charge is 0.167 e. The van der Waals surface area contributed by atoms with Gasteiger partial charge in [0.2, 0.25) is 0 Å². The summed E-state index contributed by atoms with van der Waals surface area (Å²) in [6, 6.07) is 6.65. The van der Waals surface area contributed by atoms with Crippen molar-refractivity contribution in [3.05, 3.63) is 48.0 Å². The first-order valence-electron chi connectivity index (χ1n) is 4.60. The van der Waals surface area contributed by atoms with Gasteiger partial charge in [-0.15, -0.1) is 0 Å². The lowest BCUT2D eigenvalue weighted by Gasteiger charge is -2.01. The maximum Gasteiger partial charge on any atom is 0.167 e. The molecule has 15 heavy (non-hydrogen) atoms. The second-order valence-corrected chi connectivity index (χ2v) is 4.18. The van der Waals surface area contributed by atoms with Gasteiger partial charge in [0, 0.05) is 25.2 Å². The minimum Gasteiger partial charge on any atom is -0.329 e. The van der Waals surface area contributed by atoms with Crippen LogP contribution in [0, 0.1) is 5.82 Å². The van der Waals surface area contributed by atoms with Gasteiger partial charge in [-0.05, 0) is 17.7 Å². The van der Waals surface area contributed by atoms with Crippen LogP contribution >= 0.6 is 11.8 Å². The summed E-state index contributed by atoms with van der Waals surface area (Å²) in [7, 11) is 1.95. The second-order valence-electron chi connectivity index (χ2n) is 3.24. The third-order valence-corrected chi connectivity index (χ3v) is 3.16. The Morgan fingerprint density at radius 1 is 1.47 bits per heavy atom. The molecule has 0 aliphatic carbocycles. The molecule has 0 spiro atoms. The molecule has 0 saturated carbocycles. The molecule has 0 amide bonds. The zero-order valence-electron chi connectivity index (χ0n) is 8.35. The third-order valence-electron chi connectivity index (χ3n) is 2.03. The van der Waals surface area contributed by atoms with Crippen LogP contribution in [0.3, 0.4) is 0 Å². The highest BCUT2D eigenvalue weighted by Gasteiger charge is 2.01. The van der Waals surface area contributed by atoms with E-state index in [0.29, 0.717) is 0 Å². The molecule has 0 unspecified atom stereocenters. The highest BCUT2D eigenvalue weighted by molar-refractivity contribution is 7.98. The predicted octanol–water partition coefficient (Wildman–Crippen LogP) is 2.85. The minimum atomic E-state index is -0.187. The van der Waals surface area contributed by atoms with Crippen LogP contribution in [-0.2, 0) is 12.8 Å². The lowest BCUT2D eigenvalue weighted by molar-refractivity contribution is 0.626. The van der Waals surface area contributed by atoms with Crippen molar-refractivity contribution < 1.29 is 4.39 Å². The summed E-state index contributed by atoms with van der Waals surface area (Å²) in [6.45, 7) is 0. The fraction of sp³-hybridized carbons (Fsp3) is 0.182. The van der Waals surface area contributed by atoms with E-state index in [1.54, 1.807) is 30.1 Å². The molecule has 2 rings (SSSR count). The third kappa shape index (κ3) is 2.59. The van der Waals surface area contributed by atoms with Gasteiger partial charge in [0.25, 0.3) is 0 Å². The number of thioether (sulfide) groups is 1. The maximum absolute atomic E-state index is 12.9. The molecular formula is C11H11FN2S. The Hall–Kier alpha value is -1.29. The van der Waals surface area contributed by atoms with Crippen molar-refractivity contribution in [2.75, 3.05) is 0 Å². The molecule has 1 aromatic carbocycles. The molecule has 4 heteroatoms. The maximum atomic E-state index is 12.9. The first kappa shape index (κ1) is 10.2. The SMILES string of the molecule is Cn1ccnc1SCc1cccc(F)c1. The monoisotopic (exact) mass is 222 g/mol. The van der Waals surface area contributed by atoms with E-state index in [4.69, 9.17) is 0 Å². The largest absolute Gasteiger partial charge is 0.329 e. The van der Waals surface area contributed by atoms with Gasteiger partial charge in [0.05, 0.1) is 0 Å². The van der Waals surface area contributed by atoms with Crippen molar-refractivity contribution in [2.45, 2.75) is 10.9 Å². The van der Waals surface area contributed by atoms with Crippen LogP contribution in [0.5, 0.6) is 0 Å². The molecule has 2 nitrogen and oxygen atoms in total. The predicted molar refractivity (Wildman–Crippen MR) is 59.2 cm³/mol. The zero-order chi connectivity index (χ0) is 10.7. The molecule has 0 radical (unpaired) electrons. The topological polar surface area (TPSA) is 17.8 Å². The van der Waals surface area contributed by atoms with Gasteiger partial charge in [-0.25, -0.2) is 9.37 Å². The first-order chi connectivity index (χ1) is 7.25. The number of hydrogen-bond donors (Lipinski definition) is 0. The number of halogens is 1. The fourth-order valence-corrected chi connectivity index (χ4v) is 2.14. The van der Waals surface area contributed by atoms with Crippen LogP contribution < -0.4 is 0 Å². The molecule has 0 N–H and O–H groups in total. The summed E-state index contributed by atoms with van der Waals surface area (Å²) in [5.74, 6) is 0.552. The number of aryl methyl sites for hydroxylation is 1. The van der Waals surface area contributed by atoms with E-state index in [1.165, 1.54) is 6.07 Å². The van der Waals surface area contributed by atoms with E-state index in [9.17, 15) is 4.39 Å². The molecule has 0 fully saturated rings. The Kier molecular flexibility index (Phi) is 3.06. The summed E-state index contributed by atoms with van der Waals surface area (Å²) in [6.07, 6.45) is 3.65. The van der Waals surface area contributed by atoms with Gasteiger partial charge < -0.3 is 4.57 Å². The molecule has 78 valence electrons. The zero-order valence-corrected chi connectivity index (χ0v) is 9.17. The standard InChI is InChI=1S/C11H11FN2S/c1-14-6-5-13-11(14)15-8-9-3-2-4-10(12)7-9/h2-7H,8H2,1H3. The Balaban J connectivity index is 2.02. The first-order valence-corrected chi connectivity index (χ1v) is 5.59. The van der Waals surface area contributed by atoms with Gasteiger partial charge in [0.15, 0.2) is 5.16 Å². The molecular weight excluding hydrogens is 211 g/mol. The Morgan fingerprint density at radius 2 is 2.33 bits per heavy atom. The van der Waals surface area contributed by atoms with E-state index in [1.807, 2.05) is 23.9 Å². The molecule has 0 bridgehead atoms. The summed E-state index contributed by atoms with van der Waals surface area (Å²) in [5, 5.41) is 0.944. The lowest BCUT2D eigenvalue weighted by Crippen LogP contribution is -1.90. The average Bonchev–Trinajstić information content (AvgIpc) is 2.61. The van der Waals surface area contributed by atoms with E-state index < -0.39 is 0 Å².